The number of nitrogens with two attached hydrogens (primary N) is 1. The number of aromatic nitrogens is 3. The monoisotopic (exact) mass is 388 g/mol. The molecule has 10 heteroatoms. The standard InChI is InChI=1S/C17H14F6N4/c1-8(2)12-7-11(17(21,22)23)13-14(24)27(26-15(13)25-12)10-5-3-9(4-6-10)16(18,19)20/h3-8H,24H2,1-2H3. The van der Waals surface area contributed by atoms with E-state index in [-0.39, 0.29) is 34.2 Å². The molecule has 0 aliphatic rings. The highest BCUT2D eigenvalue weighted by Crippen LogP contribution is 2.39. The maximum atomic E-state index is 13.5. The van der Waals surface area contributed by atoms with Crippen LogP contribution in [0.1, 0.15) is 36.6 Å². The molecule has 0 spiro atoms. The van der Waals surface area contributed by atoms with Gasteiger partial charge in [0.1, 0.15) is 5.82 Å². The fourth-order valence-corrected chi connectivity index (χ4v) is 2.64. The minimum Gasteiger partial charge on any atom is -0.383 e. The second-order valence-corrected chi connectivity index (χ2v) is 6.29. The summed E-state index contributed by atoms with van der Waals surface area (Å²) in [7, 11) is 0. The highest BCUT2D eigenvalue weighted by atomic mass is 19.4. The van der Waals surface area contributed by atoms with Gasteiger partial charge in [0.25, 0.3) is 0 Å². The maximum Gasteiger partial charge on any atom is 0.417 e. The Morgan fingerprint density at radius 1 is 0.963 bits per heavy atom. The number of rotatable bonds is 2. The van der Waals surface area contributed by atoms with Crippen molar-refractivity contribution in [3.05, 3.63) is 47.2 Å². The molecule has 0 fully saturated rings. The fraction of sp³-hybridized carbons (Fsp3) is 0.294. The van der Waals surface area contributed by atoms with E-state index >= 15 is 0 Å². The molecule has 0 aliphatic carbocycles. The smallest absolute Gasteiger partial charge is 0.383 e. The van der Waals surface area contributed by atoms with Crippen LogP contribution >= 0.6 is 0 Å². The van der Waals surface area contributed by atoms with E-state index < -0.39 is 23.5 Å². The van der Waals surface area contributed by atoms with Gasteiger partial charge in [-0.25, -0.2) is 9.67 Å². The molecule has 0 radical (unpaired) electrons. The largest absolute Gasteiger partial charge is 0.417 e. The van der Waals surface area contributed by atoms with E-state index in [1.807, 2.05) is 0 Å². The molecule has 2 N–H and O–H groups in total. The lowest BCUT2D eigenvalue weighted by Crippen LogP contribution is -2.09. The molecule has 2 aromatic heterocycles. The zero-order valence-electron chi connectivity index (χ0n) is 14.2. The molecule has 0 atom stereocenters. The van der Waals surface area contributed by atoms with Crippen LogP contribution < -0.4 is 5.73 Å². The number of hydrogen-bond acceptors (Lipinski definition) is 3. The third kappa shape index (κ3) is 3.43. The molecule has 0 unspecified atom stereocenters. The van der Waals surface area contributed by atoms with Crippen LogP contribution in [0.15, 0.2) is 30.3 Å². The minimum atomic E-state index is -4.69. The quantitative estimate of drug-likeness (QED) is 0.617. The van der Waals surface area contributed by atoms with E-state index in [1.54, 1.807) is 13.8 Å². The molecule has 1 aromatic carbocycles. The molecular weight excluding hydrogens is 374 g/mol. The Morgan fingerprint density at radius 2 is 1.56 bits per heavy atom. The Kier molecular flexibility index (Phi) is 4.32. The zero-order valence-corrected chi connectivity index (χ0v) is 14.2. The maximum absolute atomic E-state index is 13.5. The van der Waals surface area contributed by atoms with Crippen LogP contribution in [-0.4, -0.2) is 14.8 Å². The number of hydrogen-bond donors (Lipinski definition) is 1. The van der Waals surface area contributed by atoms with Gasteiger partial charge in [0.05, 0.1) is 22.2 Å². The molecule has 4 nitrogen and oxygen atoms in total. The summed E-state index contributed by atoms with van der Waals surface area (Å²) < 4.78 is 79.5. The van der Waals surface area contributed by atoms with Gasteiger partial charge < -0.3 is 5.73 Å². The van der Waals surface area contributed by atoms with Gasteiger partial charge in [-0.2, -0.15) is 26.3 Å². The Bertz CT molecular complexity index is 984. The van der Waals surface area contributed by atoms with Crippen LogP contribution in [0.25, 0.3) is 16.7 Å². The van der Waals surface area contributed by atoms with E-state index in [0.29, 0.717) is 0 Å². The summed E-state index contributed by atoms with van der Waals surface area (Å²) in [6.07, 6.45) is -9.22. The van der Waals surface area contributed by atoms with Crippen LogP contribution in [0.2, 0.25) is 0 Å². The van der Waals surface area contributed by atoms with E-state index in [0.717, 1.165) is 35.0 Å². The molecule has 3 rings (SSSR count). The second-order valence-electron chi connectivity index (χ2n) is 6.29. The molecule has 3 aromatic rings. The molecule has 27 heavy (non-hydrogen) atoms. The van der Waals surface area contributed by atoms with Gasteiger partial charge in [-0.3, -0.25) is 0 Å². The summed E-state index contributed by atoms with van der Waals surface area (Å²) in [6, 6.07) is 4.70. The van der Waals surface area contributed by atoms with Gasteiger partial charge >= 0.3 is 12.4 Å². The van der Waals surface area contributed by atoms with Gasteiger partial charge in [-0.1, -0.05) is 13.8 Å². The Morgan fingerprint density at radius 3 is 2.04 bits per heavy atom. The summed E-state index contributed by atoms with van der Waals surface area (Å²) in [5.41, 5.74) is 4.05. The van der Waals surface area contributed by atoms with Crippen LogP contribution in [0.5, 0.6) is 0 Å². The summed E-state index contributed by atoms with van der Waals surface area (Å²) in [6.45, 7) is 3.37. The van der Waals surface area contributed by atoms with Crippen molar-refractivity contribution in [3.8, 4) is 5.69 Å². The summed E-state index contributed by atoms with van der Waals surface area (Å²) >= 11 is 0. The molecule has 0 saturated heterocycles. The van der Waals surface area contributed by atoms with Crippen molar-refractivity contribution in [1.82, 2.24) is 14.8 Å². The first-order valence-corrected chi connectivity index (χ1v) is 7.83. The Balaban J connectivity index is 2.23. The normalized spacial score (nSPS) is 12.9. The summed E-state index contributed by atoms with van der Waals surface area (Å²) in [5, 5.41) is 3.61. The number of fused-ring (bicyclic) bond motifs is 1. The molecule has 144 valence electrons. The van der Waals surface area contributed by atoms with E-state index in [1.165, 1.54) is 0 Å². The molecule has 0 amide bonds. The number of benzene rings is 1. The molecular formula is C17H14F6N4. The SMILES string of the molecule is CC(C)c1cc(C(F)(F)F)c2c(N)n(-c3ccc(C(F)(F)F)cc3)nc2n1. The predicted octanol–water partition coefficient (Wildman–Crippen LogP) is 5.16. The highest BCUT2D eigenvalue weighted by Gasteiger charge is 2.36. The van der Waals surface area contributed by atoms with Crippen LogP contribution in [0.3, 0.4) is 0 Å². The molecule has 0 saturated carbocycles. The summed E-state index contributed by atoms with van der Waals surface area (Å²) in [4.78, 5) is 4.12. The van der Waals surface area contributed by atoms with Gasteiger partial charge in [0.15, 0.2) is 5.65 Å². The summed E-state index contributed by atoms with van der Waals surface area (Å²) in [5.74, 6) is -0.632. The topological polar surface area (TPSA) is 56.7 Å². The average Bonchev–Trinajstić information content (AvgIpc) is 2.89. The third-order valence-corrected chi connectivity index (χ3v) is 4.04. The van der Waals surface area contributed by atoms with Crippen molar-refractivity contribution in [2.24, 2.45) is 0 Å². The third-order valence-electron chi connectivity index (χ3n) is 4.04. The highest BCUT2D eigenvalue weighted by molar-refractivity contribution is 5.91. The first-order chi connectivity index (χ1) is 12.4. The average molecular weight is 388 g/mol. The van der Waals surface area contributed by atoms with Crippen molar-refractivity contribution >= 4 is 16.9 Å². The number of alkyl halides is 6. The van der Waals surface area contributed by atoms with Crippen molar-refractivity contribution in [3.63, 3.8) is 0 Å². The van der Waals surface area contributed by atoms with E-state index in [4.69, 9.17) is 5.73 Å². The number of nitrogens with zero attached hydrogens (tertiary/aromatic N) is 3. The first-order valence-electron chi connectivity index (χ1n) is 7.83. The molecule has 2 heterocycles. The van der Waals surface area contributed by atoms with Crippen LogP contribution in [0.4, 0.5) is 32.2 Å². The van der Waals surface area contributed by atoms with Crippen molar-refractivity contribution in [2.75, 3.05) is 5.73 Å². The fourth-order valence-electron chi connectivity index (χ4n) is 2.64. The van der Waals surface area contributed by atoms with Gasteiger partial charge in [-0.05, 0) is 36.2 Å². The van der Waals surface area contributed by atoms with Gasteiger partial charge in [0, 0.05) is 5.69 Å². The minimum absolute atomic E-state index is 0.0951. The van der Waals surface area contributed by atoms with Gasteiger partial charge in [-0.15, -0.1) is 5.10 Å². The zero-order chi connectivity index (χ0) is 20.1. The number of anilines is 1. The lowest BCUT2D eigenvalue weighted by atomic mass is 10.0. The van der Waals surface area contributed by atoms with E-state index in [2.05, 4.69) is 10.1 Å². The Hall–Kier alpha value is -2.78. The number of pyridine rings is 1. The Labute approximate surface area is 149 Å². The molecule has 0 bridgehead atoms. The van der Waals surface area contributed by atoms with Crippen molar-refractivity contribution in [1.29, 1.82) is 0 Å². The number of nitrogen functional groups attached to an aromatic ring is 1. The van der Waals surface area contributed by atoms with Gasteiger partial charge in [0.2, 0.25) is 0 Å². The van der Waals surface area contributed by atoms with Crippen LogP contribution in [-0.2, 0) is 12.4 Å². The van der Waals surface area contributed by atoms with E-state index in [9.17, 15) is 26.3 Å². The van der Waals surface area contributed by atoms with Crippen LogP contribution in [0, 0.1) is 0 Å². The van der Waals surface area contributed by atoms with Crippen molar-refractivity contribution < 1.29 is 26.3 Å². The predicted molar refractivity (Wildman–Crippen MR) is 87.4 cm³/mol. The first kappa shape index (κ1) is 19.0. The van der Waals surface area contributed by atoms with Crippen molar-refractivity contribution in [2.45, 2.75) is 32.1 Å². The molecule has 0 aliphatic heterocycles. The lowest BCUT2D eigenvalue weighted by Gasteiger charge is -2.12. The second kappa shape index (κ2) is 6.14. The number of halogens is 6. The lowest BCUT2D eigenvalue weighted by molar-refractivity contribution is -0.138.